The smallest absolute Gasteiger partial charge is 0.294 e. The number of thioether (sulfide) groups is 1. The molecule has 34 heavy (non-hydrogen) atoms. The summed E-state index contributed by atoms with van der Waals surface area (Å²) in [6, 6.07) is 11.7. The molecule has 0 radical (unpaired) electrons. The predicted octanol–water partition coefficient (Wildman–Crippen LogP) is 4.71. The lowest BCUT2D eigenvalue weighted by atomic mass is 10.00. The van der Waals surface area contributed by atoms with Gasteiger partial charge in [-0.25, -0.2) is 0 Å². The number of hydrogen-bond acceptors (Lipinski definition) is 6. The summed E-state index contributed by atoms with van der Waals surface area (Å²) in [5.74, 6) is 0.557. The zero-order chi connectivity index (χ0) is 24.2. The highest BCUT2D eigenvalue weighted by Crippen LogP contribution is 2.37. The van der Waals surface area contributed by atoms with E-state index in [0.717, 1.165) is 37.8 Å². The van der Waals surface area contributed by atoms with E-state index in [1.54, 1.807) is 17.0 Å². The molecular formula is C25H25IN2O5S. The zero-order valence-corrected chi connectivity index (χ0v) is 22.0. The number of benzene rings is 2. The molecule has 0 saturated carbocycles. The minimum Gasteiger partial charge on any atom is -0.490 e. The molecule has 0 bridgehead atoms. The molecule has 3 amide bonds. The van der Waals surface area contributed by atoms with Crippen molar-refractivity contribution in [3.63, 3.8) is 0 Å². The number of carbonyl (C=O) groups is 3. The lowest BCUT2D eigenvalue weighted by molar-refractivity contribution is -0.136. The molecule has 178 valence electrons. The SMILES string of the molecule is CCOc1cc(/C=C2/SC(=O)N(CC(=O)N3CCc4ccccc4C3)C2=O)cc(I)c1OCC. The van der Waals surface area contributed by atoms with Crippen molar-refractivity contribution in [1.29, 1.82) is 0 Å². The quantitative estimate of drug-likeness (QED) is 0.343. The van der Waals surface area contributed by atoms with Crippen LogP contribution in [0.4, 0.5) is 4.79 Å². The molecule has 0 atom stereocenters. The van der Waals surface area contributed by atoms with Crippen molar-refractivity contribution in [2.75, 3.05) is 26.3 Å². The fraction of sp³-hybridized carbons (Fsp3) is 0.320. The standard InChI is InChI=1S/C25H25IN2O5S/c1-3-32-20-12-16(11-19(26)23(20)33-4-2)13-21-24(30)28(25(31)34-21)15-22(29)27-10-9-17-7-5-6-8-18(17)14-27/h5-8,11-13H,3-4,9-10,14-15H2,1-2H3/b21-13+. The summed E-state index contributed by atoms with van der Waals surface area (Å²) < 4.78 is 12.2. The van der Waals surface area contributed by atoms with E-state index in [-0.39, 0.29) is 17.4 Å². The van der Waals surface area contributed by atoms with Gasteiger partial charge in [-0.05, 0) is 89.5 Å². The Morgan fingerprint density at radius 2 is 1.85 bits per heavy atom. The van der Waals surface area contributed by atoms with Crippen LogP contribution in [0.3, 0.4) is 0 Å². The van der Waals surface area contributed by atoms with Crippen molar-refractivity contribution in [3.8, 4) is 11.5 Å². The monoisotopic (exact) mass is 592 g/mol. The maximum Gasteiger partial charge on any atom is 0.294 e. The Morgan fingerprint density at radius 1 is 1.12 bits per heavy atom. The Labute approximate surface area is 216 Å². The van der Waals surface area contributed by atoms with Crippen LogP contribution in [-0.4, -0.2) is 53.2 Å². The van der Waals surface area contributed by atoms with Crippen LogP contribution in [0, 0.1) is 3.57 Å². The first-order valence-electron chi connectivity index (χ1n) is 11.1. The van der Waals surface area contributed by atoms with Gasteiger partial charge in [0.05, 0.1) is 21.7 Å². The summed E-state index contributed by atoms with van der Waals surface area (Å²) in [5.41, 5.74) is 3.06. The van der Waals surface area contributed by atoms with Gasteiger partial charge in [0.15, 0.2) is 11.5 Å². The summed E-state index contributed by atoms with van der Waals surface area (Å²) in [6.07, 6.45) is 2.43. The lowest BCUT2D eigenvalue weighted by Crippen LogP contribution is -2.44. The van der Waals surface area contributed by atoms with Gasteiger partial charge in [0, 0.05) is 13.1 Å². The molecule has 0 aliphatic carbocycles. The molecule has 7 nitrogen and oxygen atoms in total. The average molecular weight is 592 g/mol. The van der Waals surface area contributed by atoms with Gasteiger partial charge in [-0.3, -0.25) is 19.3 Å². The topological polar surface area (TPSA) is 76.2 Å². The first-order valence-corrected chi connectivity index (χ1v) is 13.0. The zero-order valence-electron chi connectivity index (χ0n) is 19.0. The van der Waals surface area contributed by atoms with Crippen LogP contribution >= 0.6 is 34.4 Å². The molecule has 1 saturated heterocycles. The molecule has 2 aliphatic rings. The van der Waals surface area contributed by atoms with E-state index in [0.29, 0.717) is 37.8 Å². The molecule has 9 heteroatoms. The van der Waals surface area contributed by atoms with E-state index in [9.17, 15) is 14.4 Å². The molecule has 0 N–H and O–H groups in total. The normalized spacial score (nSPS) is 16.7. The van der Waals surface area contributed by atoms with Crippen LogP contribution < -0.4 is 9.47 Å². The highest BCUT2D eigenvalue weighted by atomic mass is 127. The summed E-state index contributed by atoms with van der Waals surface area (Å²) >= 11 is 3.01. The second-order valence-electron chi connectivity index (χ2n) is 7.80. The second kappa shape index (κ2) is 10.8. The minimum absolute atomic E-state index is 0.229. The second-order valence-corrected chi connectivity index (χ2v) is 9.95. The van der Waals surface area contributed by atoms with Gasteiger partial charge in [-0.2, -0.15) is 0 Å². The molecule has 0 spiro atoms. The molecule has 1 fully saturated rings. The molecule has 2 aliphatic heterocycles. The van der Waals surface area contributed by atoms with Crippen molar-refractivity contribution in [3.05, 3.63) is 61.6 Å². The summed E-state index contributed by atoms with van der Waals surface area (Å²) in [6.45, 7) is 5.58. The molecule has 0 aromatic heterocycles. The third kappa shape index (κ3) is 5.25. The van der Waals surface area contributed by atoms with Crippen molar-refractivity contribution in [2.45, 2.75) is 26.8 Å². The fourth-order valence-corrected chi connectivity index (χ4v) is 5.57. The first kappa shape index (κ1) is 24.6. The van der Waals surface area contributed by atoms with E-state index in [2.05, 4.69) is 28.7 Å². The highest BCUT2D eigenvalue weighted by Gasteiger charge is 2.37. The average Bonchev–Trinajstić information content (AvgIpc) is 3.08. The van der Waals surface area contributed by atoms with Gasteiger partial charge in [0.1, 0.15) is 6.54 Å². The van der Waals surface area contributed by atoms with Crippen molar-refractivity contribution in [1.82, 2.24) is 9.80 Å². The van der Waals surface area contributed by atoms with Crippen LogP contribution in [0.2, 0.25) is 0 Å². The maximum absolute atomic E-state index is 13.0. The van der Waals surface area contributed by atoms with Crippen LogP contribution in [0.25, 0.3) is 6.08 Å². The molecule has 0 unspecified atom stereocenters. The predicted molar refractivity (Wildman–Crippen MR) is 140 cm³/mol. The van der Waals surface area contributed by atoms with Gasteiger partial charge in [-0.15, -0.1) is 0 Å². The lowest BCUT2D eigenvalue weighted by Gasteiger charge is -2.29. The Bertz CT molecular complexity index is 1170. The van der Waals surface area contributed by atoms with E-state index in [4.69, 9.17) is 9.47 Å². The molecule has 2 aromatic carbocycles. The van der Waals surface area contributed by atoms with Gasteiger partial charge in [0.25, 0.3) is 11.1 Å². The summed E-state index contributed by atoms with van der Waals surface area (Å²) in [4.78, 5) is 41.5. The largest absolute Gasteiger partial charge is 0.490 e. The number of carbonyl (C=O) groups excluding carboxylic acids is 3. The van der Waals surface area contributed by atoms with E-state index >= 15 is 0 Å². The highest BCUT2D eigenvalue weighted by molar-refractivity contribution is 14.1. The van der Waals surface area contributed by atoms with Crippen molar-refractivity contribution in [2.24, 2.45) is 0 Å². The number of fused-ring (bicyclic) bond motifs is 1. The number of nitrogens with zero attached hydrogens (tertiary/aromatic N) is 2. The Morgan fingerprint density at radius 3 is 2.59 bits per heavy atom. The maximum atomic E-state index is 13.0. The Hall–Kier alpha value is -2.53. The van der Waals surface area contributed by atoms with Crippen molar-refractivity contribution < 1.29 is 23.9 Å². The number of hydrogen-bond donors (Lipinski definition) is 0. The summed E-state index contributed by atoms with van der Waals surface area (Å²) in [5, 5.41) is -0.437. The van der Waals surface area contributed by atoms with Gasteiger partial charge >= 0.3 is 0 Å². The van der Waals surface area contributed by atoms with E-state index in [1.807, 2.05) is 38.1 Å². The third-order valence-corrected chi connectivity index (χ3v) is 7.28. The number of amides is 3. The molecular weight excluding hydrogens is 567 g/mol. The third-order valence-electron chi connectivity index (χ3n) is 5.57. The number of ether oxygens (including phenoxy) is 2. The van der Waals surface area contributed by atoms with E-state index in [1.165, 1.54) is 5.56 Å². The Balaban J connectivity index is 1.49. The first-order chi connectivity index (χ1) is 16.4. The van der Waals surface area contributed by atoms with E-state index < -0.39 is 11.1 Å². The summed E-state index contributed by atoms with van der Waals surface area (Å²) in [7, 11) is 0. The van der Waals surface area contributed by atoms with Crippen LogP contribution in [0.1, 0.15) is 30.5 Å². The van der Waals surface area contributed by atoms with Gasteiger partial charge in [0.2, 0.25) is 5.91 Å². The van der Waals surface area contributed by atoms with Crippen LogP contribution in [-0.2, 0) is 22.6 Å². The van der Waals surface area contributed by atoms with Gasteiger partial charge < -0.3 is 14.4 Å². The van der Waals surface area contributed by atoms with Crippen LogP contribution in [0.15, 0.2) is 41.3 Å². The number of imide groups is 1. The Kier molecular flexibility index (Phi) is 7.82. The van der Waals surface area contributed by atoms with Crippen LogP contribution in [0.5, 0.6) is 11.5 Å². The fourth-order valence-electron chi connectivity index (χ4n) is 3.95. The molecule has 4 rings (SSSR count). The molecule has 2 aromatic rings. The number of rotatable bonds is 7. The number of halogens is 1. The van der Waals surface area contributed by atoms with Gasteiger partial charge in [-0.1, -0.05) is 24.3 Å². The van der Waals surface area contributed by atoms with Crippen molar-refractivity contribution >= 4 is 57.5 Å². The molecule has 2 heterocycles. The minimum atomic E-state index is -0.456.